The van der Waals surface area contributed by atoms with Crippen LogP contribution in [0.25, 0.3) is 0 Å². The predicted molar refractivity (Wildman–Crippen MR) is 131 cm³/mol. The van der Waals surface area contributed by atoms with Crippen LogP contribution in [0.1, 0.15) is 43.5 Å². The molecule has 0 spiro atoms. The molecule has 4 rings (SSSR count). The van der Waals surface area contributed by atoms with E-state index in [9.17, 15) is 9.59 Å². The quantitative estimate of drug-likeness (QED) is 0.467. The van der Waals surface area contributed by atoms with E-state index in [1.165, 1.54) is 0 Å². The van der Waals surface area contributed by atoms with Crippen LogP contribution in [0, 0.1) is 0 Å². The molecule has 176 valence electrons. The molecule has 0 radical (unpaired) electrons. The molecule has 1 aliphatic rings. The van der Waals surface area contributed by atoms with Crippen LogP contribution in [0.15, 0.2) is 85.0 Å². The van der Waals surface area contributed by atoms with Gasteiger partial charge in [-0.3, -0.25) is 19.7 Å². The molecule has 0 atom stereocenters. The van der Waals surface area contributed by atoms with Crippen molar-refractivity contribution in [2.45, 2.75) is 39.2 Å². The highest BCUT2D eigenvalue weighted by molar-refractivity contribution is 6.05. The first-order chi connectivity index (χ1) is 16.5. The standard InChI is InChI=1S/C26H29N5O3/c1-20(2)34-25(32)15-9-14-23-18-29(22-12-7-4-8-13-22)19-30(23)31(24-16-27-28-17-24)26(33)21-10-5-3-6-11-21/h3-8,10-13,16-18,20H,9,14-15,19H2,1-2H3,(H,27,28). The molecule has 8 heteroatoms. The summed E-state index contributed by atoms with van der Waals surface area (Å²) < 4.78 is 5.28. The van der Waals surface area contributed by atoms with E-state index in [2.05, 4.69) is 15.1 Å². The van der Waals surface area contributed by atoms with Crippen LogP contribution in [-0.2, 0) is 9.53 Å². The van der Waals surface area contributed by atoms with E-state index in [1.54, 1.807) is 29.5 Å². The topological polar surface area (TPSA) is 81.8 Å². The fourth-order valence-corrected chi connectivity index (χ4v) is 3.85. The largest absolute Gasteiger partial charge is 0.463 e. The van der Waals surface area contributed by atoms with Crippen molar-refractivity contribution in [2.75, 3.05) is 16.6 Å². The second-order valence-electron chi connectivity index (χ2n) is 8.30. The molecule has 0 aliphatic carbocycles. The lowest BCUT2D eigenvalue weighted by atomic mass is 10.2. The van der Waals surface area contributed by atoms with Gasteiger partial charge in [-0.1, -0.05) is 36.4 Å². The SMILES string of the molecule is CC(C)OC(=O)CCCC1=CN(c2ccccc2)CN1N(C(=O)c1ccccc1)c1cn[nH]c1. The Bertz CT molecular complexity index is 1110. The van der Waals surface area contributed by atoms with Crippen molar-refractivity contribution in [3.8, 4) is 0 Å². The summed E-state index contributed by atoms with van der Waals surface area (Å²) in [4.78, 5) is 27.8. The zero-order valence-corrected chi connectivity index (χ0v) is 19.4. The van der Waals surface area contributed by atoms with E-state index < -0.39 is 0 Å². The van der Waals surface area contributed by atoms with E-state index in [-0.39, 0.29) is 18.0 Å². The molecule has 1 amide bonds. The smallest absolute Gasteiger partial charge is 0.306 e. The lowest BCUT2D eigenvalue weighted by Gasteiger charge is -2.34. The van der Waals surface area contributed by atoms with Gasteiger partial charge in [0.15, 0.2) is 0 Å². The average molecular weight is 460 g/mol. The number of carbonyl (C=O) groups excluding carboxylic acids is 2. The number of benzene rings is 2. The number of nitrogens with zero attached hydrogens (tertiary/aromatic N) is 4. The molecule has 8 nitrogen and oxygen atoms in total. The maximum absolute atomic E-state index is 13.6. The van der Waals surface area contributed by atoms with E-state index >= 15 is 0 Å². The summed E-state index contributed by atoms with van der Waals surface area (Å²) in [5.41, 5.74) is 3.14. The summed E-state index contributed by atoms with van der Waals surface area (Å²) in [6.07, 6.45) is 6.75. The fourth-order valence-electron chi connectivity index (χ4n) is 3.85. The molecule has 0 saturated heterocycles. The molecule has 2 aromatic carbocycles. The maximum Gasteiger partial charge on any atom is 0.306 e. The van der Waals surface area contributed by atoms with Gasteiger partial charge >= 0.3 is 5.97 Å². The number of nitrogens with one attached hydrogen (secondary N) is 1. The number of rotatable bonds is 9. The second-order valence-corrected chi connectivity index (χ2v) is 8.30. The summed E-state index contributed by atoms with van der Waals surface area (Å²) in [7, 11) is 0. The Balaban J connectivity index is 1.62. The number of hydrogen-bond donors (Lipinski definition) is 1. The van der Waals surface area contributed by atoms with Gasteiger partial charge in [0, 0.05) is 30.1 Å². The zero-order valence-electron chi connectivity index (χ0n) is 19.4. The Morgan fingerprint density at radius 2 is 1.79 bits per heavy atom. The lowest BCUT2D eigenvalue weighted by molar-refractivity contribution is -0.147. The predicted octanol–water partition coefficient (Wildman–Crippen LogP) is 4.71. The van der Waals surface area contributed by atoms with Gasteiger partial charge in [-0.15, -0.1) is 0 Å². The van der Waals surface area contributed by atoms with Crippen molar-refractivity contribution in [2.24, 2.45) is 0 Å². The van der Waals surface area contributed by atoms with Gasteiger partial charge < -0.3 is 9.64 Å². The molecule has 0 bridgehead atoms. The molecule has 1 aliphatic heterocycles. The number of amides is 1. The molecule has 2 heterocycles. The average Bonchev–Trinajstić information content (AvgIpc) is 3.51. The molecule has 34 heavy (non-hydrogen) atoms. The number of esters is 1. The Labute approximate surface area is 199 Å². The minimum Gasteiger partial charge on any atom is -0.463 e. The van der Waals surface area contributed by atoms with Gasteiger partial charge in [-0.25, -0.2) is 5.01 Å². The number of allylic oxidation sites excluding steroid dienone is 1. The third kappa shape index (κ3) is 5.46. The second kappa shape index (κ2) is 10.7. The van der Waals surface area contributed by atoms with Crippen LogP contribution >= 0.6 is 0 Å². The van der Waals surface area contributed by atoms with Gasteiger partial charge in [0.25, 0.3) is 5.91 Å². The van der Waals surface area contributed by atoms with Crippen LogP contribution in [0.2, 0.25) is 0 Å². The number of hydrazine groups is 1. The Kier molecular flexibility index (Phi) is 7.27. The zero-order chi connectivity index (χ0) is 23.9. The van der Waals surface area contributed by atoms with Crippen LogP contribution in [-0.4, -0.2) is 39.9 Å². The van der Waals surface area contributed by atoms with Gasteiger partial charge in [-0.05, 0) is 51.0 Å². The minimum atomic E-state index is -0.216. The number of aromatic amines is 1. The number of aromatic nitrogens is 2. The lowest BCUT2D eigenvalue weighted by Crippen LogP contribution is -2.47. The Morgan fingerprint density at radius 3 is 2.44 bits per heavy atom. The molecule has 3 aromatic rings. The first kappa shape index (κ1) is 23.1. The summed E-state index contributed by atoms with van der Waals surface area (Å²) in [6.45, 7) is 4.13. The molecule has 0 fully saturated rings. The van der Waals surface area contributed by atoms with Crippen LogP contribution in [0.4, 0.5) is 11.4 Å². The summed E-state index contributed by atoms with van der Waals surface area (Å²) in [5, 5.41) is 10.5. The van der Waals surface area contributed by atoms with Crippen molar-refractivity contribution in [1.82, 2.24) is 15.2 Å². The van der Waals surface area contributed by atoms with E-state index in [0.29, 0.717) is 37.2 Å². The van der Waals surface area contributed by atoms with Crippen molar-refractivity contribution >= 4 is 23.3 Å². The monoisotopic (exact) mass is 459 g/mol. The highest BCUT2D eigenvalue weighted by Gasteiger charge is 2.32. The first-order valence-electron chi connectivity index (χ1n) is 11.4. The number of H-pyrrole nitrogens is 1. The number of carbonyl (C=O) groups is 2. The third-order valence-corrected chi connectivity index (χ3v) is 5.37. The van der Waals surface area contributed by atoms with Crippen LogP contribution in [0.3, 0.4) is 0 Å². The number of hydrogen-bond acceptors (Lipinski definition) is 6. The van der Waals surface area contributed by atoms with Crippen LogP contribution < -0.4 is 9.91 Å². The summed E-state index contributed by atoms with van der Waals surface area (Å²) >= 11 is 0. The molecule has 1 aromatic heterocycles. The van der Waals surface area contributed by atoms with Crippen molar-refractivity contribution in [3.63, 3.8) is 0 Å². The molecule has 0 saturated carbocycles. The highest BCUT2D eigenvalue weighted by atomic mass is 16.5. The fraction of sp³-hybridized carbons (Fsp3) is 0.269. The van der Waals surface area contributed by atoms with Crippen molar-refractivity contribution in [3.05, 3.63) is 90.5 Å². The number of para-hydroxylation sites is 1. The molecular weight excluding hydrogens is 430 g/mol. The van der Waals surface area contributed by atoms with Crippen LogP contribution in [0.5, 0.6) is 0 Å². The van der Waals surface area contributed by atoms with Gasteiger partial charge in [-0.2, -0.15) is 5.10 Å². The van der Waals surface area contributed by atoms with E-state index in [1.807, 2.05) is 73.6 Å². The van der Waals surface area contributed by atoms with Crippen molar-refractivity contribution < 1.29 is 14.3 Å². The first-order valence-corrected chi connectivity index (χ1v) is 11.4. The van der Waals surface area contributed by atoms with E-state index in [0.717, 1.165) is 11.4 Å². The van der Waals surface area contributed by atoms with Gasteiger partial charge in [0.1, 0.15) is 12.4 Å². The van der Waals surface area contributed by atoms with Gasteiger partial charge in [0.2, 0.25) is 0 Å². The van der Waals surface area contributed by atoms with Crippen molar-refractivity contribution in [1.29, 1.82) is 0 Å². The molecule has 0 unspecified atom stereocenters. The molecule has 1 N–H and O–H groups in total. The Morgan fingerprint density at radius 1 is 1.09 bits per heavy atom. The summed E-state index contributed by atoms with van der Waals surface area (Å²) in [5.74, 6) is -0.380. The normalized spacial score (nSPS) is 13.2. The molecular formula is C26H29N5O3. The number of anilines is 2. The Hall–Kier alpha value is -4.07. The number of ether oxygens (including phenoxy) is 1. The third-order valence-electron chi connectivity index (χ3n) is 5.37. The summed E-state index contributed by atoms with van der Waals surface area (Å²) in [6, 6.07) is 19.2. The van der Waals surface area contributed by atoms with Gasteiger partial charge in [0.05, 0.1) is 18.0 Å². The minimum absolute atomic E-state index is 0.136. The maximum atomic E-state index is 13.6. The van der Waals surface area contributed by atoms with E-state index in [4.69, 9.17) is 4.74 Å². The highest BCUT2D eigenvalue weighted by Crippen LogP contribution is 2.31.